The smallest absolute Gasteiger partial charge is 0.254 e. The Labute approximate surface area is 121 Å². The van der Waals surface area contributed by atoms with E-state index in [-0.39, 0.29) is 5.91 Å². The third-order valence-electron chi connectivity index (χ3n) is 3.74. The van der Waals surface area contributed by atoms with Gasteiger partial charge in [-0.25, -0.2) is 0 Å². The molecule has 0 atom stereocenters. The first-order valence-corrected chi connectivity index (χ1v) is 7.53. The summed E-state index contributed by atoms with van der Waals surface area (Å²) in [6.45, 7) is 1.78. The fraction of sp³-hybridized carbons (Fsp3) is 0.312. The van der Waals surface area contributed by atoms with Crippen LogP contribution >= 0.6 is 15.9 Å². The fourth-order valence-corrected chi connectivity index (χ4v) is 3.22. The summed E-state index contributed by atoms with van der Waals surface area (Å²) < 4.78 is 1.04. The van der Waals surface area contributed by atoms with Crippen LogP contribution in [-0.4, -0.2) is 23.9 Å². The number of carbonyl (C=O) groups excluding carboxylic acids is 1. The van der Waals surface area contributed by atoms with Crippen molar-refractivity contribution in [3.8, 4) is 0 Å². The number of hydrogen-bond acceptors (Lipinski definition) is 1. The highest BCUT2D eigenvalue weighted by Gasteiger charge is 2.19. The largest absolute Gasteiger partial charge is 0.339 e. The molecule has 1 aliphatic rings. The number of rotatable bonds is 1. The molecule has 19 heavy (non-hydrogen) atoms. The van der Waals surface area contributed by atoms with E-state index < -0.39 is 0 Å². The van der Waals surface area contributed by atoms with Crippen LogP contribution in [-0.2, 0) is 0 Å². The van der Waals surface area contributed by atoms with Crippen LogP contribution in [0.25, 0.3) is 10.8 Å². The molecule has 0 aliphatic carbocycles. The summed E-state index contributed by atoms with van der Waals surface area (Å²) in [6, 6.07) is 12.0. The van der Waals surface area contributed by atoms with Gasteiger partial charge in [-0.15, -0.1) is 0 Å². The van der Waals surface area contributed by atoms with E-state index in [9.17, 15) is 4.79 Å². The quantitative estimate of drug-likeness (QED) is 0.770. The molecular weight excluding hydrogens is 302 g/mol. The first kappa shape index (κ1) is 12.7. The van der Waals surface area contributed by atoms with Crippen LogP contribution in [0.3, 0.4) is 0 Å². The molecule has 1 amide bonds. The minimum absolute atomic E-state index is 0.170. The van der Waals surface area contributed by atoms with E-state index in [0.29, 0.717) is 0 Å². The molecule has 0 aromatic heterocycles. The van der Waals surface area contributed by atoms with Crippen LogP contribution in [0.1, 0.15) is 29.6 Å². The molecule has 98 valence electrons. The molecule has 1 saturated heterocycles. The predicted molar refractivity (Wildman–Crippen MR) is 81.4 cm³/mol. The summed E-state index contributed by atoms with van der Waals surface area (Å²) in [4.78, 5) is 14.6. The van der Waals surface area contributed by atoms with Crippen molar-refractivity contribution in [2.75, 3.05) is 13.1 Å². The van der Waals surface area contributed by atoms with E-state index >= 15 is 0 Å². The SMILES string of the molecule is O=C(c1cccc2c(Br)cccc12)N1CCCCC1. The van der Waals surface area contributed by atoms with Gasteiger partial charge in [0.05, 0.1) is 0 Å². The van der Waals surface area contributed by atoms with Crippen molar-refractivity contribution in [1.29, 1.82) is 0 Å². The second-order valence-electron chi connectivity index (χ2n) is 4.99. The lowest BCUT2D eigenvalue weighted by Crippen LogP contribution is -2.35. The van der Waals surface area contributed by atoms with Crippen molar-refractivity contribution < 1.29 is 4.79 Å². The molecule has 2 aromatic carbocycles. The average Bonchev–Trinajstić information content (AvgIpc) is 2.47. The Morgan fingerprint density at radius 3 is 2.42 bits per heavy atom. The number of piperidine rings is 1. The number of hydrogen-bond donors (Lipinski definition) is 0. The second-order valence-corrected chi connectivity index (χ2v) is 5.85. The van der Waals surface area contributed by atoms with Crippen molar-refractivity contribution in [3.63, 3.8) is 0 Å². The number of nitrogens with zero attached hydrogens (tertiary/aromatic N) is 1. The normalized spacial score (nSPS) is 15.7. The van der Waals surface area contributed by atoms with E-state index in [1.54, 1.807) is 0 Å². The molecule has 0 saturated carbocycles. The number of carbonyl (C=O) groups is 1. The molecule has 0 unspecified atom stereocenters. The maximum Gasteiger partial charge on any atom is 0.254 e. The maximum absolute atomic E-state index is 12.6. The van der Waals surface area contributed by atoms with E-state index in [1.807, 2.05) is 41.3 Å². The van der Waals surface area contributed by atoms with Crippen molar-refractivity contribution >= 4 is 32.6 Å². The maximum atomic E-state index is 12.6. The Balaban J connectivity index is 2.04. The van der Waals surface area contributed by atoms with Gasteiger partial charge in [0.1, 0.15) is 0 Å². The monoisotopic (exact) mass is 317 g/mol. The van der Waals surface area contributed by atoms with Gasteiger partial charge in [-0.05, 0) is 42.2 Å². The molecule has 0 N–H and O–H groups in total. The van der Waals surface area contributed by atoms with Gasteiger partial charge in [0, 0.05) is 23.1 Å². The summed E-state index contributed by atoms with van der Waals surface area (Å²) in [5, 5.41) is 2.14. The van der Waals surface area contributed by atoms with E-state index in [4.69, 9.17) is 0 Å². The van der Waals surface area contributed by atoms with E-state index in [1.165, 1.54) is 6.42 Å². The molecular formula is C16H16BrNO. The predicted octanol–water partition coefficient (Wildman–Crippen LogP) is 4.23. The summed E-state index contributed by atoms with van der Waals surface area (Å²) in [5.41, 5.74) is 0.820. The van der Waals surface area contributed by atoms with Crippen molar-refractivity contribution in [2.45, 2.75) is 19.3 Å². The number of fused-ring (bicyclic) bond motifs is 1. The van der Waals surface area contributed by atoms with Crippen LogP contribution in [0.4, 0.5) is 0 Å². The van der Waals surface area contributed by atoms with Gasteiger partial charge in [-0.1, -0.05) is 40.2 Å². The van der Waals surface area contributed by atoms with Gasteiger partial charge in [-0.3, -0.25) is 4.79 Å². The molecule has 0 spiro atoms. The summed E-state index contributed by atoms with van der Waals surface area (Å²) in [6.07, 6.45) is 3.49. The lowest BCUT2D eigenvalue weighted by Gasteiger charge is -2.27. The first-order chi connectivity index (χ1) is 9.27. The zero-order valence-corrected chi connectivity index (χ0v) is 12.3. The molecule has 3 rings (SSSR count). The minimum atomic E-state index is 0.170. The first-order valence-electron chi connectivity index (χ1n) is 6.74. The molecule has 1 fully saturated rings. The number of halogens is 1. The van der Waals surface area contributed by atoms with Crippen LogP contribution in [0, 0.1) is 0 Å². The summed E-state index contributed by atoms with van der Waals surface area (Å²) in [7, 11) is 0. The lowest BCUT2D eigenvalue weighted by atomic mass is 10.0. The summed E-state index contributed by atoms with van der Waals surface area (Å²) >= 11 is 3.55. The number of likely N-dealkylation sites (tertiary alicyclic amines) is 1. The topological polar surface area (TPSA) is 20.3 Å². The van der Waals surface area contributed by atoms with Gasteiger partial charge < -0.3 is 4.90 Å². The molecule has 1 aliphatic heterocycles. The zero-order valence-electron chi connectivity index (χ0n) is 10.7. The van der Waals surface area contributed by atoms with Gasteiger partial charge in [0.25, 0.3) is 5.91 Å². The highest BCUT2D eigenvalue weighted by Crippen LogP contribution is 2.27. The van der Waals surface area contributed by atoms with E-state index in [2.05, 4.69) is 15.9 Å². The number of amides is 1. The van der Waals surface area contributed by atoms with Crippen LogP contribution < -0.4 is 0 Å². The van der Waals surface area contributed by atoms with Gasteiger partial charge >= 0.3 is 0 Å². The van der Waals surface area contributed by atoms with E-state index in [0.717, 1.165) is 46.7 Å². The van der Waals surface area contributed by atoms with Crippen molar-refractivity contribution in [2.24, 2.45) is 0 Å². The third kappa shape index (κ3) is 2.39. The fourth-order valence-electron chi connectivity index (χ4n) is 2.73. The third-order valence-corrected chi connectivity index (χ3v) is 4.43. The zero-order chi connectivity index (χ0) is 13.2. The van der Waals surface area contributed by atoms with Gasteiger partial charge in [0.2, 0.25) is 0 Å². The summed E-state index contributed by atoms with van der Waals surface area (Å²) in [5.74, 6) is 0.170. The lowest BCUT2D eigenvalue weighted by molar-refractivity contribution is 0.0726. The molecule has 2 nitrogen and oxygen atoms in total. The molecule has 2 aromatic rings. The Kier molecular flexibility index (Phi) is 3.56. The molecule has 1 heterocycles. The molecule has 3 heteroatoms. The molecule has 0 radical (unpaired) electrons. The van der Waals surface area contributed by atoms with Gasteiger partial charge in [-0.2, -0.15) is 0 Å². The molecule has 0 bridgehead atoms. The van der Waals surface area contributed by atoms with Crippen LogP contribution in [0.5, 0.6) is 0 Å². The Hall–Kier alpha value is -1.35. The van der Waals surface area contributed by atoms with Crippen LogP contribution in [0.2, 0.25) is 0 Å². The Bertz CT molecular complexity index is 617. The average molecular weight is 318 g/mol. The highest BCUT2D eigenvalue weighted by molar-refractivity contribution is 9.10. The second kappa shape index (κ2) is 5.33. The van der Waals surface area contributed by atoms with Crippen molar-refractivity contribution in [1.82, 2.24) is 4.90 Å². The van der Waals surface area contributed by atoms with Gasteiger partial charge in [0.15, 0.2) is 0 Å². The van der Waals surface area contributed by atoms with Crippen molar-refractivity contribution in [3.05, 3.63) is 46.4 Å². The number of benzene rings is 2. The Morgan fingerprint density at radius 1 is 0.947 bits per heavy atom. The standard InChI is InChI=1S/C16H16BrNO/c17-15-9-5-6-12-13(15)7-4-8-14(12)16(19)18-10-2-1-3-11-18/h4-9H,1-3,10-11H2. The Morgan fingerprint density at radius 2 is 1.63 bits per heavy atom. The minimum Gasteiger partial charge on any atom is -0.339 e. The highest BCUT2D eigenvalue weighted by atomic mass is 79.9. The van der Waals surface area contributed by atoms with Crippen LogP contribution in [0.15, 0.2) is 40.9 Å².